The second-order valence-corrected chi connectivity index (χ2v) is 7.25. The Kier molecular flexibility index (Phi) is 6.01. The Hall–Kier alpha value is -2.54. The molecule has 142 valence electrons. The number of rotatable bonds is 6. The topological polar surface area (TPSA) is 58.6 Å². The van der Waals surface area contributed by atoms with Crippen LogP contribution in [-0.2, 0) is 9.59 Å². The maximum absolute atomic E-state index is 13.8. The number of hydrogen-bond donors (Lipinski definition) is 1. The number of amides is 2. The normalized spacial score (nSPS) is 14.5. The molecule has 0 saturated heterocycles. The number of ether oxygens (including phenoxy) is 1. The van der Waals surface area contributed by atoms with Crippen molar-refractivity contribution in [1.29, 1.82) is 0 Å². The van der Waals surface area contributed by atoms with Gasteiger partial charge in [-0.05, 0) is 36.8 Å². The molecule has 1 heterocycles. The third-order valence-corrected chi connectivity index (χ3v) is 5.47. The summed E-state index contributed by atoms with van der Waals surface area (Å²) in [6.07, 6.45) is 0.174. The van der Waals surface area contributed by atoms with Gasteiger partial charge in [0.25, 0.3) is 0 Å². The molecule has 5 nitrogen and oxygen atoms in total. The number of carbonyl (C=O) groups excluding carboxylic acids is 2. The number of thioether (sulfide) groups is 1. The molecule has 27 heavy (non-hydrogen) atoms. The van der Waals surface area contributed by atoms with Gasteiger partial charge >= 0.3 is 0 Å². The summed E-state index contributed by atoms with van der Waals surface area (Å²) in [4.78, 5) is 27.3. The van der Waals surface area contributed by atoms with Crippen LogP contribution in [0.15, 0.2) is 47.4 Å². The van der Waals surface area contributed by atoms with Gasteiger partial charge in [0, 0.05) is 17.9 Å². The lowest BCUT2D eigenvalue weighted by molar-refractivity contribution is -0.121. The standard InChI is InChI=1S/C20H21FN2O3S/c1-13(14-7-8-17(26-2)15(21)11-14)22-19(24)9-10-23-16-5-3-4-6-18(16)27-12-20(23)25/h3-8,11,13H,9-10,12H2,1-2H3,(H,22,24)/t13-/m1/s1. The van der Waals surface area contributed by atoms with Gasteiger partial charge in [-0.25, -0.2) is 4.39 Å². The molecule has 1 N–H and O–H groups in total. The first-order valence-corrected chi connectivity index (χ1v) is 9.63. The summed E-state index contributed by atoms with van der Waals surface area (Å²) in [5.41, 5.74) is 1.49. The predicted octanol–water partition coefficient (Wildman–Crippen LogP) is 3.54. The highest BCUT2D eigenvalue weighted by Gasteiger charge is 2.24. The first kappa shape index (κ1) is 19.2. The molecule has 7 heteroatoms. The molecule has 0 fully saturated rings. The average molecular weight is 388 g/mol. The van der Waals surface area contributed by atoms with Crippen molar-refractivity contribution in [3.05, 3.63) is 53.8 Å². The van der Waals surface area contributed by atoms with Gasteiger partial charge in [0.15, 0.2) is 11.6 Å². The number of fused-ring (bicyclic) bond motifs is 1. The number of benzene rings is 2. The molecule has 0 aliphatic carbocycles. The summed E-state index contributed by atoms with van der Waals surface area (Å²) in [6, 6.07) is 11.9. The van der Waals surface area contributed by atoms with Crippen LogP contribution in [0.2, 0.25) is 0 Å². The molecule has 1 aliphatic rings. The van der Waals surface area contributed by atoms with E-state index in [-0.39, 0.29) is 30.0 Å². The fraction of sp³-hybridized carbons (Fsp3) is 0.300. The molecular formula is C20H21FN2O3S. The third-order valence-electron chi connectivity index (χ3n) is 4.42. The van der Waals surface area contributed by atoms with Crippen molar-refractivity contribution in [3.63, 3.8) is 0 Å². The summed E-state index contributed by atoms with van der Waals surface area (Å²) in [5.74, 6) is -0.124. The lowest BCUT2D eigenvalue weighted by Gasteiger charge is -2.28. The molecule has 2 aromatic rings. The fourth-order valence-electron chi connectivity index (χ4n) is 2.96. The summed E-state index contributed by atoms with van der Waals surface area (Å²) >= 11 is 1.51. The number of halogens is 1. The zero-order valence-electron chi connectivity index (χ0n) is 15.2. The molecule has 0 radical (unpaired) electrons. The molecule has 0 saturated carbocycles. The molecule has 2 amide bonds. The van der Waals surface area contributed by atoms with Crippen LogP contribution >= 0.6 is 11.8 Å². The van der Waals surface area contributed by atoms with E-state index < -0.39 is 5.82 Å². The summed E-state index contributed by atoms with van der Waals surface area (Å²) in [7, 11) is 1.40. The van der Waals surface area contributed by atoms with Crippen LogP contribution in [0.1, 0.15) is 24.9 Å². The molecule has 3 rings (SSSR count). The van der Waals surface area contributed by atoms with E-state index in [1.165, 1.54) is 31.0 Å². The van der Waals surface area contributed by atoms with Gasteiger partial charge in [0.05, 0.1) is 24.6 Å². The van der Waals surface area contributed by atoms with E-state index in [1.54, 1.807) is 17.9 Å². The highest BCUT2D eigenvalue weighted by Crippen LogP contribution is 2.34. The number of para-hydroxylation sites is 1. The first-order chi connectivity index (χ1) is 13.0. The Bertz CT molecular complexity index is 859. The van der Waals surface area contributed by atoms with Crippen LogP contribution in [0.25, 0.3) is 0 Å². The van der Waals surface area contributed by atoms with Crippen LogP contribution in [0.5, 0.6) is 5.75 Å². The van der Waals surface area contributed by atoms with Crippen molar-refractivity contribution < 1.29 is 18.7 Å². The van der Waals surface area contributed by atoms with E-state index in [2.05, 4.69) is 5.32 Å². The second-order valence-electron chi connectivity index (χ2n) is 6.23. The van der Waals surface area contributed by atoms with E-state index in [9.17, 15) is 14.0 Å². The monoisotopic (exact) mass is 388 g/mol. The SMILES string of the molecule is COc1ccc([C@@H](C)NC(=O)CCN2C(=O)CSc3ccccc32)cc1F. The van der Waals surface area contributed by atoms with E-state index >= 15 is 0 Å². The zero-order valence-corrected chi connectivity index (χ0v) is 16.0. The summed E-state index contributed by atoms with van der Waals surface area (Å²) < 4.78 is 18.7. The van der Waals surface area contributed by atoms with E-state index in [1.807, 2.05) is 24.3 Å². The fourth-order valence-corrected chi connectivity index (χ4v) is 3.90. The van der Waals surface area contributed by atoms with Crippen LogP contribution in [0, 0.1) is 5.82 Å². The summed E-state index contributed by atoms with van der Waals surface area (Å²) in [5, 5.41) is 2.85. The Labute approximate surface area is 161 Å². The van der Waals surface area contributed by atoms with Crippen molar-refractivity contribution in [3.8, 4) is 5.75 Å². The lowest BCUT2D eigenvalue weighted by Crippen LogP contribution is -2.38. The van der Waals surface area contributed by atoms with Crippen LogP contribution < -0.4 is 15.0 Å². The number of carbonyl (C=O) groups is 2. The molecular weight excluding hydrogens is 367 g/mol. The quantitative estimate of drug-likeness (QED) is 0.822. The first-order valence-electron chi connectivity index (χ1n) is 8.64. The van der Waals surface area contributed by atoms with Gasteiger partial charge in [0.1, 0.15) is 0 Å². The maximum Gasteiger partial charge on any atom is 0.237 e. The van der Waals surface area contributed by atoms with Gasteiger partial charge in [0.2, 0.25) is 11.8 Å². The maximum atomic E-state index is 13.8. The zero-order chi connectivity index (χ0) is 19.4. The summed E-state index contributed by atoms with van der Waals surface area (Å²) in [6.45, 7) is 2.10. The molecule has 1 atom stereocenters. The highest BCUT2D eigenvalue weighted by molar-refractivity contribution is 8.00. The van der Waals surface area contributed by atoms with Crippen molar-refractivity contribution in [2.75, 3.05) is 24.3 Å². The molecule has 1 aliphatic heterocycles. The van der Waals surface area contributed by atoms with Crippen LogP contribution in [0.3, 0.4) is 0 Å². The third kappa shape index (κ3) is 4.42. The number of nitrogens with zero attached hydrogens (tertiary/aromatic N) is 1. The Balaban J connectivity index is 1.60. The van der Waals surface area contributed by atoms with Gasteiger partial charge < -0.3 is 15.0 Å². The second kappa shape index (κ2) is 8.43. The molecule has 2 aromatic carbocycles. The van der Waals surface area contributed by atoms with E-state index in [4.69, 9.17) is 4.74 Å². The van der Waals surface area contributed by atoms with Crippen molar-refractivity contribution >= 4 is 29.3 Å². The predicted molar refractivity (Wildman–Crippen MR) is 104 cm³/mol. The smallest absolute Gasteiger partial charge is 0.237 e. The molecule has 0 bridgehead atoms. The van der Waals surface area contributed by atoms with E-state index in [0.29, 0.717) is 17.9 Å². The largest absolute Gasteiger partial charge is 0.494 e. The molecule has 0 spiro atoms. The number of methoxy groups -OCH3 is 1. The van der Waals surface area contributed by atoms with Gasteiger partial charge in [-0.15, -0.1) is 11.8 Å². The Morgan fingerprint density at radius 2 is 2.11 bits per heavy atom. The van der Waals surface area contributed by atoms with Crippen molar-refractivity contribution in [2.24, 2.45) is 0 Å². The Morgan fingerprint density at radius 3 is 2.85 bits per heavy atom. The molecule has 0 unspecified atom stereocenters. The van der Waals surface area contributed by atoms with Gasteiger partial charge in [-0.2, -0.15) is 0 Å². The van der Waals surface area contributed by atoms with Crippen LogP contribution in [-0.4, -0.2) is 31.2 Å². The van der Waals surface area contributed by atoms with Crippen molar-refractivity contribution in [2.45, 2.75) is 24.3 Å². The van der Waals surface area contributed by atoms with Gasteiger partial charge in [-0.1, -0.05) is 18.2 Å². The lowest BCUT2D eigenvalue weighted by atomic mass is 10.1. The van der Waals surface area contributed by atoms with Crippen molar-refractivity contribution in [1.82, 2.24) is 5.32 Å². The number of nitrogens with one attached hydrogen (secondary N) is 1. The number of hydrogen-bond acceptors (Lipinski definition) is 4. The Morgan fingerprint density at radius 1 is 1.33 bits per heavy atom. The minimum atomic E-state index is -0.468. The van der Waals surface area contributed by atoms with E-state index in [0.717, 1.165) is 10.6 Å². The minimum Gasteiger partial charge on any atom is -0.494 e. The molecule has 0 aromatic heterocycles. The van der Waals surface area contributed by atoms with Gasteiger partial charge in [-0.3, -0.25) is 9.59 Å². The highest BCUT2D eigenvalue weighted by atomic mass is 32.2. The number of anilines is 1. The van der Waals surface area contributed by atoms with Crippen LogP contribution in [0.4, 0.5) is 10.1 Å². The minimum absolute atomic E-state index is 0.00299. The average Bonchev–Trinajstić information content (AvgIpc) is 2.67.